The Hall–Kier alpha value is -2.74. The molecule has 1 aromatic carbocycles. The Morgan fingerprint density at radius 2 is 2.00 bits per heavy atom. The fraction of sp³-hybridized carbons (Fsp3) is 0.455. The number of carbonyl (C=O) groups excluding carboxylic acids is 1. The summed E-state index contributed by atoms with van der Waals surface area (Å²) in [6.45, 7) is 8.22. The number of aromatic nitrogens is 2. The lowest BCUT2D eigenvalue weighted by Crippen LogP contribution is -2.24. The van der Waals surface area contributed by atoms with Crippen molar-refractivity contribution in [2.24, 2.45) is 5.10 Å². The fourth-order valence-corrected chi connectivity index (χ4v) is 3.93. The number of benzene rings is 1. The molecule has 160 valence electrons. The highest BCUT2D eigenvalue weighted by atomic mass is 32.1. The molecular weight excluding hydrogens is 400 g/mol. The van der Waals surface area contributed by atoms with Gasteiger partial charge in [0.15, 0.2) is 4.77 Å². The number of unbranched alkanes of at least 4 members (excludes halogenated alkanes) is 1. The number of hydrogen-bond acceptors (Lipinski definition) is 5. The summed E-state index contributed by atoms with van der Waals surface area (Å²) in [5.41, 5.74) is 2.10. The molecule has 0 saturated heterocycles. The molecule has 8 heteroatoms. The highest BCUT2D eigenvalue weighted by Crippen LogP contribution is 2.34. The van der Waals surface area contributed by atoms with Gasteiger partial charge in [0, 0.05) is 19.9 Å². The van der Waals surface area contributed by atoms with Crippen molar-refractivity contribution in [2.45, 2.75) is 65.5 Å². The largest absolute Gasteiger partial charge is 0.494 e. The fourth-order valence-electron chi connectivity index (χ4n) is 3.66. The minimum atomic E-state index is -0.497. The highest BCUT2D eigenvalue weighted by Gasteiger charge is 2.34. The monoisotopic (exact) mass is 428 g/mol. The van der Waals surface area contributed by atoms with Crippen LogP contribution in [0.5, 0.6) is 5.88 Å². The van der Waals surface area contributed by atoms with Crippen molar-refractivity contribution in [1.82, 2.24) is 14.6 Å². The Morgan fingerprint density at radius 1 is 1.33 bits per heavy atom. The van der Waals surface area contributed by atoms with Gasteiger partial charge < -0.3 is 5.11 Å². The van der Waals surface area contributed by atoms with E-state index in [1.807, 2.05) is 31.2 Å². The zero-order chi connectivity index (χ0) is 22.0. The van der Waals surface area contributed by atoms with E-state index in [1.54, 1.807) is 0 Å². The molecule has 2 heterocycles. The van der Waals surface area contributed by atoms with Crippen molar-refractivity contribution in [2.75, 3.05) is 0 Å². The number of nitrogens with zero attached hydrogens (tertiary/aromatic N) is 3. The molecule has 0 unspecified atom stereocenters. The predicted molar refractivity (Wildman–Crippen MR) is 119 cm³/mol. The Kier molecular flexibility index (Phi) is 6.55. The van der Waals surface area contributed by atoms with E-state index in [4.69, 9.17) is 12.2 Å². The average Bonchev–Trinajstić information content (AvgIpc) is 3.13. The first kappa shape index (κ1) is 22.0. The summed E-state index contributed by atoms with van der Waals surface area (Å²) in [5.74, 6) is -0.0165. The Morgan fingerprint density at radius 3 is 2.57 bits per heavy atom. The van der Waals surface area contributed by atoms with Crippen LogP contribution < -0.4 is 5.56 Å². The molecule has 2 aromatic rings. The lowest BCUT2D eigenvalue weighted by molar-refractivity contribution is -0.130. The smallest absolute Gasteiger partial charge is 0.264 e. The second kappa shape index (κ2) is 8.95. The van der Waals surface area contributed by atoms with Crippen LogP contribution >= 0.6 is 12.2 Å². The van der Waals surface area contributed by atoms with Crippen molar-refractivity contribution in [1.29, 1.82) is 0 Å². The van der Waals surface area contributed by atoms with E-state index in [1.165, 1.54) is 22.1 Å². The van der Waals surface area contributed by atoms with E-state index < -0.39 is 5.56 Å². The van der Waals surface area contributed by atoms with Gasteiger partial charge in [-0.25, -0.2) is 5.01 Å². The van der Waals surface area contributed by atoms with E-state index in [2.05, 4.69) is 23.9 Å². The molecule has 0 radical (unpaired) electrons. The molecular formula is C22H28N4O3S. The zero-order valence-electron chi connectivity index (χ0n) is 17.8. The molecule has 3 rings (SSSR count). The normalized spacial score (nSPS) is 16.2. The number of amides is 1. The van der Waals surface area contributed by atoms with Crippen LogP contribution in [0.3, 0.4) is 0 Å². The first-order valence-electron chi connectivity index (χ1n) is 10.3. The number of carbonyl (C=O) groups is 1. The van der Waals surface area contributed by atoms with Crippen molar-refractivity contribution in [3.8, 4) is 5.88 Å². The molecule has 0 bridgehead atoms. The van der Waals surface area contributed by atoms with Crippen LogP contribution in [0.1, 0.15) is 75.6 Å². The summed E-state index contributed by atoms with van der Waals surface area (Å²) in [6.07, 6.45) is 2.06. The van der Waals surface area contributed by atoms with Crippen LogP contribution in [0.4, 0.5) is 0 Å². The quantitative estimate of drug-likeness (QED) is 0.674. The summed E-state index contributed by atoms with van der Waals surface area (Å²) >= 11 is 5.22. The zero-order valence-corrected chi connectivity index (χ0v) is 18.6. The third kappa shape index (κ3) is 4.23. The summed E-state index contributed by atoms with van der Waals surface area (Å²) in [6, 6.07) is 7.75. The summed E-state index contributed by atoms with van der Waals surface area (Å²) < 4.78 is 1.69. The van der Waals surface area contributed by atoms with Gasteiger partial charge >= 0.3 is 0 Å². The third-order valence-electron chi connectivity index (χ3n) is 5.42. The minimum absolute atomic E-state index is 0.0762. The van der Waals surface area contributed by atoms with E-state index in [0.29, 0.717) is 24.6 Å². The maximum Gasteiger partial charge on any atom is 0.264 e. The van der Waals surface area contributed by atoms with Gasteiger partial charge in [0.2, 0.25) is 11.8 Å². The van der Waals surface area contributed by atoms with Gasteiger partial charge in [0.05, 0.1) is 11.8 Å². The number of H-pyrrole nitrogens is 1. The van der Waals surface area contributed by atoms with Crippen LogP contribution in [-0.2, 0) is 11.3 Å². The number of hydrogen-bond donors (Lipinski definition) is 2. The number of aromatic amines is 1. The molecule has 1 atom stereocenters. The maximum absolute atomic E-state index is 12.6. The Labute approximate surface area is 181 Å². The summed E-state index contributed by atoms with van der Waals surface area (Å²) in [7, 11) is 0. The molecule has 1 aliphatic heterocycles. The predicted octanol–water partition coefficient (Wildman–Crippen LogP) is 4.23. The van der Waals surface area contributed by atoms with E-state index in [-0.39, 0.29) is 28.2 Å². The molecule has 0 saturated carbocycles. The number of hydrazone groups is 1. The number of rotatable bonds is 6. The van der Waals surface area contributed by atoms with Crippen molar-refractivity contribution in [3.05, 3.63) is 56.1 Å². The van der Waals surface area contributed by atoms with Gasteiger partial charge in [-0.1, -0.05) is 51.5 Å². The lowest BCUT2D eigenvalue weighted by atomic mass is 9.96. The summed E-state index contributed by atoms with van der Waals surface area (Å²) in [4.78, 5) is 27.5. The Bertz CT molecular complexity index is 1080. The van der Waals surface area contributed by atoms with Crippen LogP contribution in [-0.4, -0.2) is 31.3 Å². The van der Waals surface area contributed by atoms with Crippen molar-refractivity contribution >= 4 is 23.8 Å². The van der Waals surface area contributed by atoms with Crippen LogP contribution in [0.2, 0.25) is 0 Å². The molecule has 2 N–H and O–H groups in total. The first-order valence-corrected chi connectivity index (χ1v) is 10.7. The highest BCUT2D eigenvalue weighted by molar-refractivity contribution is 7.71. The average molecular weight is 429 g/mol. The molecule has 0 fully saturated rings. The maximum atomic E-state index is 12.6. The SMILES string of the molecule is CCCCn1c(O)c(C2=NN(C(C)=O)[C@@H](c3ccc(C(C)C)cc3)C2)c(=O)[nH]c1=S. The molecule has 1 aliphatic rings. The number of nitrogens with one attached hydrogen (secondary N) is 1. The second-order valence-electron chi connectivity index (χ2n) is 7.91. The Balaban J connectivity index is 2.02. The summed E-state index contributed by atoms with van der Waals surface area (Å²) in [5, 5.41) is 16.6. The second-order valence-corrected chi connectivity index (χ2v) is 8.30. The van der Waals surface area contributed by atoms with Gasteiger partial charge in [-0.05, 0) is 35.7 Å². The van der Waals surface area contributed by atoms with E-state index >= 15 is 0 Å². The van der Waals surface area contributed by atoms with Gasteiger partial charge in [-0.3, -0.25) is 19.1 Å². The van der Waals surface area contributed by atoms with Crippen molar-refractivity contribution < 1.29 is 9.90 Å². The molecule has 7 nitrogen and oxygen atoms in total. The van der Waals surface area contributed by atoms with Gasteiger partial charge in [-0.2, -0.15) is 5.10 Å². The molecule has 30 heavy (non-hydrogen) atoms. The first-order chi connectivity index (χ1) is 14.2. The minimum Gasteiger partial charge on any atom is -0.494 e. The molecule has 1 amide bonds. The third-order valence-corrected chi connectivity index (χ3v) is 5.74. The van der Waals surface area contributed by atoms with E-state index in [9.17, 15) is 14.7 Å². The number of aromatic hydroxyl groups is 1. The van der Waals surface area contributed by atoms with Gasteiger partial charge in [0.25, 0.3) is 5.56 Å². The van der Waals surface area contributed by atoms with Crippen LogP contribution in [0.15, 0.2) is 34.2 Å². The van der Waals surface area contributed by atoms with E-state index in [0.717, 1.165) is 18.4 Å². The van der Waals surface area contributed by atoms with Gasteiger partial charge in [0.1, 0.15) is 5.56 Å². The lowest BCUT2D eigenvalue weighted by Gasteiger charge is -2.21. The molecule has 1 aromatic heterocycles. The van der Waals surface area contributed by atoms with Crippen LogP contribution in [0.25, 0.3) is 0 Å². The van der Waals surface area contributed by atoms with Crippen LogP contribution in [0, 0.1) is 4.77 Å². The standard InChI is InChI=1S/C22H28N4O3S/c1-5-6-11-25-21(29)19(20(28)23-22(25)30)17-12-18(26(24-17)14(4)27)16-9-7-15(8-10-16)13(2)3/h7-10,13,18,29H,5-6,11-12H2,1-4H3,(H,23,28,30)/t18-/m1/s1. The van der Waals surface area contributed by atoms with Gasteiger partial charge in [-0.15, -0.1) is 0 Å². The molecule has 0 spiro atoms. The molecule has 0 aliphatic carbocycles. The van der Waals surface area contributed by atoms with Crippen molar-refractivity contribution in [3.63, 3.8) is 0 Å². The topological polar surface area (TPSA) is 90.7 Å².